The Morgan fingerprint density at radius 3 is 2.62 bits per heavy atom. The third-order valence-corrected chi connectivity index (χ3v) is 7.09. The van der Waals surface area contributed by atoms with Crippen LogP contribution in [-0.4, -0.2) is 32.8 Å². The highest BCUT2D eigenvalue weighted by Crippen LogP contribution is 2.37. The van der Waals surface area contributed by atoms with Crippen LogP contribution < -0.4 is 4.31 Å². The molecular formula is C21H19F2NO3S2. The first-order valence-electron chi connectivity index (χ1n) is 9.16. The van der Waals surface area contributed by atoms with Gasteiger partial charge in [-0.05, 0) is 60.2 Å². The van der Waals surface area contributed by atoms with Crippen molar-refractivity contribution in [1.29, 1.82) is 0 Å². The molecule has 0 saturated heterocycles. The molecule has 1 aliphatic carbocycles. The number of carbonyl (C=O) groups excluding carboxylic acids is 1. The summed E-state index contributed by atoms with van der Waals surface area (Å²) in [7, 11) is -3.40. The fourth-order valence-corrected chi connectivity index (χ4v) is 5.49. The van der Waals surface area contributed by atoms with Crippen LogP contribution in [0.1, 0.15) is 33.5 Å². The van der Waals surface area contributed by atoms with Crippen LogP contribution in [0.25, 0.3) is 6.08 Å². The number of Topliss-reactive ketones (excluding diaryl/α,β-unsaturated/α-hetero) is 1. The van der Waals surface area contributed by atoms with Gasteiger partial charge in [0, 0.05) is 22.6 Å². The summed E-state index contributed by atoms with van der Waals surface area (Å²) in [5.74, 6) is -2.64. The molecule has 152 valence electrons. The van der Waals surface area contributed by atoms with Crippen LogP contribution >= 0.6 is 11.8 Å². The zero-order valence-electron chi connectivity index (χ0n) is 15.7. The standard InChI is InChI=1S/C21H19F2NO3S2/c1-29(26,27)24-10-9-13-3-2-4-15(19(13)24)11-16-6-5-14-12-17(28-21(22)23)7-8-18(14)20(16)25/h2-4,7-8,11-12,21H,5-6,9-10H2,1H3/b16-11+. The largest absolute Gasteiger partial charge is 0.289 e. The average molecular weight is 436 g/mol. The number of thioether (sulfide) groups is 1. The number of nitrogens with zero attached hydrogens (tertiary/aromatic N) is 1. The molecule has 0 amide bonds. The number of para-hydroxylation sites is 1. The molecule has 8 heteroatoms. The van der Waals surface area contributed by atoms with E-state index in [2.05, 4.69) is 0 Å². The molecule has 1 aliphatic heterocycles. The summed E-state index contributed by atoms with van der Waals surface area (Å²) in [6.45, 7) is 0.399. The fourth-order valence-electron chi connectivity index (χ4n) is 3.95. The topological polar surface area (TPSA) is 54.5 Å². The summed E-state index contributed by atoms with van der Waals surface area (Å²) in [5.41, 5.74) is 4.19. The van der Waals surface area contributed by atoms with Gasteiger partial charge in [-0.3, -0.25) is 9.10 Å². The molecule has 2 aromatic rings. The predicted molar refractivity (Wildman–Crippen MR) is 111 cm³/mol. The maximum atomic E-state index is 13.0. The number of rotatable bonds is 4. The van der Waals surface area contributed by atoms with E-state index >= 15 is 0 Å². The van der Waals surface area contributed by atoms with Crippen molar-refractivity contribution in [2.24, 2.45) is 0 Å². The van der Waals surface area contributed by atoms with Crippen LogP contribution in [0.15, 0.2) is 46.9 Å². The highest BCUT2D eigenvalue weighted by atomic mass is 32.2. The van der Waals surface area contributed by atoms with Gasteiger partial charge in [0.15, 0.2) is 5.78 Å². The zero-order valence-corrected chi connectivity index (χ0v) is 17.3. The van der Waals surface area contributed by atoms with E-state index in [0.29, 0.717) is 64.9 Å². The molecule has 0 saturated carbocycles. The Labute approximate surface area is 172 Å². The van der Waals surface area contributed by atoms with Crippen LogP contribution in [0.5, 0.6) is 0 Å². The number of benzene rings is 2. The number of alkyl halides is 2. The van der Waals surface area contributed by atoms with Crippen molar-refractivity contribution in [3.8, 4) is 0 Å². The lowest BCUT2D eigenvalue weighted by Crippen LogP contribution is -2.28. The normalized spacial score (nSPS) is 17.7. The van der Waals surface area contributed by atoms with E-state index in [1.807, 2.05) is 18.2 Å². The Kier molecular flexibility index (Phi) is 5.25. The number of allylic oxidation sites excluding steroid dienone is 1. The maximum absolute atomic E-state index is 13.0. The number of aryl methyl sites for hydroxylation is 1. The zero-order chi connectivity index (χ0) is 20.8. The molecule has 0 bridgehead atoms. The SMILES string of the molecule is CS(=O)(=O)N1CCc2cccc(/C=C3\CCc4cc(SC(F)F)ccc4C3=O)c21. The monoisotopic (exact) mass is 435 g/mol. The minimum atomic E-state index is -3.40. The van der Waals surface area contributed by atoms with Gasteiger partial charge in [-0.2, -0.15) is 8.78 Å². The van der Waals surface area contributed by atoms with E-state index in [1.54, 1.807) is 24.3 Å². The number of halogens is 2. The molecule has 1 heterocycles. The third kappa shape index (κ3) is 3.96. The Morgan fingerprint density at radius 1 is 1.10 bits per heavy atom. The van der Waals surface area contributed by atoms with Gasteiger partial charge in [0.05, 0.1) is 11.9 Å². The molecule has 0 fully saturated rings. The predicted octanol–water partition coefficient (Wildman–Crippen LogP) is 4.54. The van der Waals surface area contributed by atoms with E-state index < -0.39 is 15.8 Å². The van der Waals surface area contributed by atoms with Crippen molar-refractivity contribution in [3.63, 3.8) is 0 Å². The summed E-state index contributed by atoms with van der Waals surface area (Å²) in [5, 5.41) is 0. The molecular weight excluding hydrogens is 416 g/mol. The minimum Gasteiger partial charge on any atom is -0.289 e. The maximum Gasteiger partial charge on any atom is 0.288 e. The second-order valence-corrected chi connectivity index (χ2v) is 10.1. The first-order chi connectivity index (χ1) is 13.7. The number of anilines is 1. The van der Waals surface area contributed by atoms with Crippen molar-refractivity contribution in [1.82, 2.24) is 0 Å². The minimum absolute atomic E-state index is 0.138. The van der Waals surface area contributed by atoms with Gasteiger partial charge in [-0.15, -0.1) is 0 Å². The van der Waals surface area contributed by atoms with Crippen LogP contribution in [0.4, 0.5) is 14.5 Å². The summed E-state index contributed by atoms with van der Waals surface area (Å²) < 4.78 is 50.9. The Balaban J connectivity index is 1.70. The average Bonchev–Trinajstić information content (AvgIpc) is 3.09. The summed E-state index contributed by atoms with van der Waals surface area (Å²) >= 11 is 0.470. The van der Waals surface area contributed by atoms with Crippen LogP contribution in [0.3, 0.4) is 0 Å². The second-order valence-electron chi connectivity index (χ2n) is 7.14. The first-order valence-corrected chi connectivity index (χ1v) is 11.9. The summed E-state index contributed by atoms with van der Waals surface area (Å²) in [4.78, 5) is 13.4. The molecule has 0 unspecified atom stereocenters. The van der Waals surface area contributed by atoms with Gasteiger partial charge in [0.25, 0.3) is 5.76 Å². The van der Waals surface area contributed by atoms with E-state index in [0.717, 1.165) is 11.1 Å². The first kappa shape index (κ1) is 20.1. The molecule has 0 radical (unpaired) electrons. The smallest absolute Gasteiger partial charge is 0.288 e. The fraction of sp³-hybridized carbons (Fsp3) is 0.286. The van der Waals surface area contributed by atoms with Gasteiger partial charge in [-0.1, -0.05) is 30.0 Å². The van der Waals surface area contributed by atoms with Gasteiger partial charge in [-0.25, -0.2) is 8.42 Å². The number of fused-ring (bicyclic) bond motifs is 2. The van der Waals surface area contributed by atoms with E-state index in [4.69, 9.17) is 0 Å². The number of carbonyl (C=O) groups is 1. The molecule has 0 aromatic heterocycles. The van der Waals surface area contributed by atoms with Crippen molar-refractivity contribution < 1.29 is 22.0 Å². The molecule has 4 nitrogen and oxygen atoms in total. The molecule has 29 heavy (non-hydrogen) atoms. The summed E-state index contributed by atoms with van der Waals surface area (Å²) in [6.07, 6.45) is 4.66. The third-order valence-electron chi connectivity index (χ3n) is 5.22. The second kappa shape index (κ2) is 7.57. The quantitative estimate of drug-likeness (QED) is 0.523. The van der Waals surface area contributed by atoms with Crippen molar-refractivity contribution in [2.75, 3.05) is 17.1 Å². The summed E-state index contributed by atoms with van der Waals surface area (Å²) in [6, 6.07) is 10.4. The van der Waals surface area contributed by atoms with Crippen LogP contribution in [-0.2, 0) is 22.9 Å². The Bertz CT molecular complexity index is 1130. The van der Waals surface area contributed by atoms with Crippen LogP contribution in [0, 0.1) is 0 Å². The lowest BCUT2D eigenvalue weighted by atomic mass is 9.86. The lowest BCUT2D eigenvalue weighted by molar-refractivity contribution is 0.102. The molecule has 0 N–H and O–H groups in total. The molecule has 4 rings (SSSR count). The molecule has 0 atom stereocenters. The number of hydrogen-bond acceptors (Lipinski definition) is 4. The number of sulfonamides is 1. The molecule has 0 spiro atoms. The molecule has 2 aliphatic rings. The highest BCUT2D eigenvalue weighted by molar-refractivity contribution is 7.99. The van der Waals surface area contributed by atoms with E-state index in [1.165, 1.54) is 10.6 Å². The van der Waals surface area contributed by atoms with Crippen molar-refractivity contribution in [2.45, 2.75) is 29.9 Å². The number of ketones is 1. The van der Waals surface area contributed by atoms with Crippen molar-refractivity contribution >= 4 is 39.3 Å². The van der Waals surface area contributed by atoms with Gasteiger partial charge in [0.2, 0.25) is 10.0 Å². The highest BCUT2D eigenvalue weighted by Gasteiger charge is 2.29. The van der Waals surface area contributed by atoms with Crippen LogP contribution in [0.2, 0.25) is 0 Å². The number of hydrogen-bond donors (Lipinski definition) is 0. The Morgan fingerprint density at radius 2 is 1.90 bits per heavy atom. The van der Waals surface area contributed by atoms with E-state index in [-0.39, 0.29) is 5.78 Å². The van der Waals surface area contributed by atoms with Gasteiger partial charge >= 0.3 is 0 Å². The van der Waals surface area contributed by atoms with Crippen molar-refractivity contribution in [3.05, 3.63) is 64.2 Å². The Hall–Kier alpha value is -2.19. The van der Waals surface area contributed by atoms with E-state index in [9.17, 15) is 22.0 Å². The molecule has 2 aromatic carbocycles. The van der Waals surface area contributed by atoms with Gasteiger partial charge < -0.3 is 0 Å². The van der Waals surface area contributed by atoms with Gasteiger partial charge in [0.1, 0.15) is 0 Å². The lowest BCUT2D eigenvalue weighted by Gasteiger charge is -2.21.